The van der Waals surface area contributed by atoms with Crippen molar-refractivity contribution < 1.29 is 9.90 Å². The summed E-state index contributed by atoms with van der Waals surface area (Å²) in [5.41, 5.74) is 2.91. The van der Waals surface area contributed by atoms with E-state index in [9.17, 15) is 9.90 Å². The van der Waals surface area contributed by atoms with Crippen LogP contribution in [0.1, 0.15) is 27.3 Å². The van der Waals surface area contributed by atoms with Crippen molar-refractivity contribution in [3.63, 3.8) is 0 Å². The standard InChI is InChI=1S/C20H18BrN3O2/c21-16-8-7-15(19(11-16)20(25)26)12-24(13-17-5-1-3-9-22-17)14-18-6-2-4-10-23-18/h1-11H,12-14H2,(H,25,26). The third-order valence-corrected chi connectivity index (χ3v) is 4.41. The molecule has 0 aliphatic heterocycles. The van der Waals surface area contributed by atoms with E-state index in [2.05, 4.69) is 30.8 Å². The first-order valence-electron chi connectivity index (χ1n) is 8.16. The van der Waals surface area contributed by atoms with Gasteiger partial charge in [0.1, 0.15) is 0 Å². The fraction of sp³-hybridized carbons (Fsp3) is 0.150. The first kappa shape index (κ1) is 18.2. The minimum Gasteiger partial charge on any atom is -0.478 e. The summed E-state index contributed by atoms with van der Waals surface area (Å²) >= 11 is 3.34. The van der Waals surface area contributed by atoms with Crippen molar-refractivity contribution in [2.75, 3.05) is 0 Å². The molecule has 0 saturated carbocycles. The zero-order chi connectivity index (χ0) is 18.4. The second kappa shape index (κ2) is 8.69. The Labute approximate surface area is 160 Å². The van der Waals surface area contributed by atoms with Crippen molar-refractivity contribution in [3.8, 4) is 0 Å². The highest BCUT2D eigenvalue weighted by Crippen LogP contribution is 2.20. The summed E-state index contributed by atoms with van der Waals surface area (Å²) < 4.78 is 0.750. The van der Waals surface area contributed by atoms with Crippen LogP contribution in [0.5, 0.6) is 0 Å². The van der Waals surface area contributed by atoms with Crippen molar-refractivity contribution in [2.45, 2.75) is 19.6 Å². The fourth-order valence-corrected chi connectivity index (χ4v) is 3.10. The lowest BCUT2D eigenvalue weighted by Crippen LogP contribution is -2.24. The van der Waals surface area contributed by atoms with Gasteiger partial charge < -0.3 is 5.11 Å². The third-order valence-electron chi connectivity index (χ3n) is 3.92. The predicted octanol–water partition coefficient (Wildman–Crippen LogP) is 4.14. The number of halogens is 1. The Morgan fingerprint density at radius 1 is 0.923 bits per heavy atom. The van der Waals surface area contributed by atoms with Gasteiger partial charge >= 0.3 is 5.97 Å². The molecule has 0 amide bonds. The number of carbonyl (C=O) groups is 1. The predicted molar refractivity (Wildman–Crippen MR) is 103 cm³/mol. The van der Waals surface area contributed by atoms with E-state index < -0.39 is 5.97 Å². The maximum Gasteiger partial charge on any atom is 0.336 e. The number of carboxylic acids is 1. The molecule has 0 aliphatic rings. The summed E-state index contributed by atoms with van der Waals surface area (Å²) in [7, 11) is 0. The Kier molecular flexibility index (Phi) is 6.09. The minimum atomic E-state index is -0.933. The van der Waals surface area contributed by atoms with Crippen molar-refractivity contribution in [3.05, 3.63) is 94.0 Å². The van der Waals surface area contributed by atoms with E-state index in [-0.39, 0.29) is 0 Å². The van der Waals surface area contributed by atoms with E-state index in [0.717, 1.165) is 21.4 Å². The summed E-state index contributed by atoms with van der Waals surface area (Å²) in [5.74, 6) is -0.933. The Morgan fingerprint density at radius 3 is 2.04 bits per heavy atom. The number of pyridine rings is 2. The molecule has 0 spiro atoms. The second-order valence-corrected chi connectivity index (χ2v) is 6.81. The normalized spacial score (nSPS) is 10.8. The quantitative estimate of drug-likeness (QED) is 0.632. The zero-order valence-electron chi connectivity index (χ0n) is 14.0. The molecule has 5 nitrogen and oxygen atoms in total. The van der Waals surface area contributed by atoms with Crippen LogP contribution in [0.3, 0.4) is 0 Å². The molecule has 0 fully saturated rings. The number of hydrogen-bond donors (Lipinski definition) is 1. The van der Waals surface area contributed by atoms with Crippen LogP contribution in [0.4, 0.5) is 0 Å². The number of benzene rings is 1. The Morgan fingerprint density at radius 2 is 1.54 bits per heavy atom. The molecule has 132 valence electrons. The van der Waals surface area contributed by atoms with Gasteiger partial charge in [0.15, 0.2) is 0 Å². The SMILES string of the molecule is O=C(O)c1cc(Br)ccc1CN(Cc1ccccn1)Cc1ccccn1. The topological polar surface area (TPSA) is 66.3 Å². The van der Waals surface area contributed by atoms with Gasteiger partial charge in [-0.25, -0.2) is 4.79 Å². The molecule has 0 unspecified atom stereocenters. The lowest BCUT2D eigenvalue weighted by atomic mass is 10.1. The number of nitrogens with zero attached hydrogens (tertiary/aromatic N) is 3. The monoisotopic (exact) mass is 411 g/mol. The van der Waals surface area contributed by atoms with Crippen LogP contribution < -0.4 is 0 Å². The largest absolute Gasteiger partial charge is 0.478 e. The first-order chi connectivity index (χ1) is 12.6. The molecule has 1 aromatic carbocycles. The van der Waals surface area contributed by atoms with E-state index in [0.29, 0.717) is 25.2 Å². The maximum atomic E-state index is 11.6. The fourth-order valence-electron chi connectivity index (χ4n) is 2.74. The highest BCUT2D eigenvalue weighted by atomic mass is 79.9. The molecule has 1 N–H and O–H groups in total. The van der Waals surface area contributed by atoms with Crippen LogP contribution in [-0.2, 0) is 19.6 Å². The van der Waals surface area contributed by atoms with E-state index in [1.807, 2.05) is 48.5 Å². The lowest BCUT2D eigenvalue weighted by molar-refractivity contribution is 0.0694. The maximum absolute atomic E-state index is 11.6. The molecule has 0 atom stereocenters. The van der Waals surface area contributed by atoms with Gasteiger partial charge in [-0.1, -0.05) is 34.1 Å². The van der Waals surface area contributed by atoms with Crippen molar-refractivity contribution in [1.82, 2.24) is 14.9 Å². The van der Waals surface area contributed by atoms with Crippen molar-refractivity contribution in [1.29, 1.82) is 0 Å². The van der Waals surface area contributed by atoms with E-state index >= 15 is 0 Å². The molecule has 0 bridgehead atoms. The van der Waals surface area contributed by atoms with Gasteiger partial charge in [0.2, 0.25) is 0 Å². The van der Waals surface area contributed by atoms with Gasteiger partial charge in [-0.2, -0.15) is 0 Å². The summed E-state index contributed by atoms with van der Waals surface area (Å²) in [4.78, 5) is 22.5. The summed E-state index contributed by atoms with van der Waals surface area (Å²) in [5, 5.41) is 9.52. The Bertz CT molecular complexity index is 831. The molecule has 26 heavy (non-hydrogen) atoms. The van der Waals surface area contributed by atoms with Crippen LogP contribution in [0, 0.1) is 0 Å². The third kappa shape index (κ3) is 4.97. The average molecular weight is 412 g/mol. The van der Waals surface area contributed by atoms with E-state index in [4.69, 9.17) is 0 Å². The van der Waals surface area contributed by atoms with Crippen LogP contribution in [-0.4, -0.2) is 25.9 Å². The number of aromatic carboxylic acids is 1. The first-order valence-corrected chi connectivity index (χ1v) is 8.95. The Hall–Kier alpha value is -2.57. The number of aromatic nitrogens is 2. The van der Waals surface area contributed by atoms with Crippen molar-refractivity contribution in [2.24, 2.45) is 0 Å². The molecule has 2 heterocycles. The number of hydrogen-bond acceptors (Lipinski definition) is 4. The smallest absolute Gasteiger partial charge is 0.336 e. The summed E-state index contributed by atoms with van der Waals surface area (Å²) in [6, 6.07) is 16.9. The zero-order valence-corrected chi connectivity index (χ0v) is 15.6. The van der Waals surface area contributed by atoms with Crippen LogP contribution in [0.25, 0.3) is 0 Å². The highest BCUT2D eigenvalue weighted by Gasteiger charge is 2.15. The van der Waals surface area contributed by atoms with Gasteiger partial charge in [-0.05, 0) is 42.0 Å². The van der Waals surface area contributed by atoms with E-state index in [1.165, 1.54) is 0 Å². The van der Waals surface area contributed by atoms with Gasteiger partial charge in [0.25, 0.3) is 0 Å². The van der Waals surface area contributed by atoms with Gasteiger partial charge in [-0.3, -0.25) is 14.9 Å². The summed E-state index contributed by atoms with van der Waals surface area (Å²) in [6.45, 7) is 1.70. The van der Waals surface area contributed by atoms with Gasteiger partial charge in [-0.15, -0.1) is 0 Å². The molecule has 0 saturated heterocycles. The highest BCUT2D eigenvalue weighted by molar-refractivity contribution is 9.10. The minimum absolute atomic E-state index is 0.298. The molecule has 0 radical (unpaired) electrons. The lowest BCUT2D eigenvalue weighted by Gasteiger charge is -2.22. The summed E-state index contributed by atoms with van der Waals surface area (Å²) in [6.07, 6.45) is 3.52. The number of carboxylic acid groups (broad SMARTS) is 1. The Balaban J connectivity index is 1.87. The second-order valence-electron chi connectivity index (χ2n) is 5.89. The molecule has 3 rings (SSSR count). The van der Waals surface area contributed by atoms with Crippen molar-refractivity contribution >= 4 is 21.9 Å². The van der Waals surface area contributed by atoms with Crippen LogP contribution in [0.15, 0.2) is 71.5 Å². The molecular formula is C20H18BrN3O2. The molecular weight excluding hydrogens is 394 g/mol. The van der Waals surface area contributed by atoms with Crippen LogP contribution in [0.2, 0.25) is 0 Å². The van der Waals surface area contributed by atoms with Gasteiger partial charge in [0.05, 0.1) is 17.0 Å². The molecule has 2 aromatic heterocycles. The molecule has 6 heteroatoms. The number of rotatable bonds is 7. The molecule has 3 aromatic rings. The van der Waals surface area contributed by atoms with E-state index in [1.54, 1.807) is 18.5 Å². The average Bonchev–Trinajstić information content (AvgIpc) is 2.64. The molecule has 0 aliphatic carbocycles. The van der Waals surface area contributed by atoms with Gasteiger partial charge in [0, 0.05) is 36.5 Å². The van der Waals surface area contributed by atoms with Crippen LogP contribution >= 0.6 is 15.9 Å².